The Balaban J connectivity index is 1.61. The Hall–Kier alpha value is -3.59. The first-order valence-corrected chi connectivity index (χ1v) is 10.3. The molecule has 9 heteroatoms. The number of carbonyl (C=O) groups excluding carboxylic acids is 1. The van der Waals surface area contributed by atoms with Crippen LogP contribution in [-0.2, 0) is 0 Å². The fraction of sp³-hybridized carbons (Fsp3) is 0.136. The van der Waals surface area contributed by atoms with E-state index >= 15 is 0 Å². The lowest BCUT2D eigenvalue weighted by atomic mass is 10.1. The number of aryl methyl sites for hydroxylation is 3. The molecule has 2 aromatic carbocycles. The number of nitrogens with zero attached hydrogens (tertiary/aromatic N) is 5. The van der Waals surface area contributed by atoms with Crippen molar-refractivity contribution < 1.29 is 9.18 Å². The van der Waals surface area contributed by atoms with Crippen LogP contribution >= 0.6 is 11.8 Å². The van der Waals surface area contributed by atoms with Crippen molar-refractivity contribution in [2.24, 2.45) is 0 Å². The Kier molecular flexibility index (Phi) is 5.77. The molecule has 0 aliphatic carbocycles. The first-order chi connectivity index (χ1) is 14.9. The minimum atomic E-state index is -0.560. The number of nitrogens with one attached hydrogen (secondary N) is 1. The second-order valence-corrected chi connectivity index (χ2v) is 8.02. The maximum Gasteiger partial charge on any atom is 0.258 e. The summed E-state index contributed by atoms with van der Waals surface area (Å²) >= 11 is 1.39. The number of aromatic nitrogens is 5. The van der Waals surface area contributed by atoms with E-state index in [1.807, 2.05) is 32.0 Å². The van der Waals surface area contributed by atoms with Crippen LogP contribution in [0.2, 0.25) is 0 Å². The summed E-state index contributed by atoms with van der Waals surface area (Å²) in [5.41, 5.74) is 3.27. The molecular formula is C22H19FN6OS. The summed E-state index contributed by atoms with van der Waals surface area (Å²) in [6.07, 6.45) is 1.63. The highest BCUT2D eigenvalue weighted by Gasteiger charge is 2.17. The fourth-order valence-electron chi connectivity index (χ4n) is 2.93. The molecule has 0 aliphatic rings. The number of carbonyl (C=O) groups is 1. The Morgan fingerprint density at radius 2 is 1.90 bits per heavy atom. The topological polar surface area (TPSA) is 85.6 Å². The lowest BCUT2D eigenvalue weighted by molar-refractivity contribution is 0.102. The first-order valence-electron chi connectivity index (χ1n) is 9.49. The standard InChI is InChI=1S/C22H19FN6OS/c1-13-6-8-17(11-14(13)2)31-22-18(5-4-10-24-22)21(30)25-20-12-16(7-9-19(20)23)29-15(3)26-27-28-29/h4-12H,1-3H3,(H,25,30). The molecule has 0 spiro atoms. The predicted octanol–water partition coefficient (Wildman–Crippen LogP) is 4.53. The lowest BCUT2D eigenvalue weighted by Crippen LogP contribution is -2.15. The van der Waals surface area contributed by atoms with Gasteiger partial charge in [0.05, 0.1) is 16.9 Å². The zero-order valence-corrected chi connectivity index (χ0v) is 17.9. The highest BCUT2D eigenvalue weighted by Crippen LogP contribution is 2.30. The van der Waals surface area contributed by atoms with Gasteiger partial charge in [0.1, 0.15) is 10.8 Å². The smallest absolute Gasteiger partial charge is 0.258 e. The van der Waals surface area contributed by atoms with E-state index in [2.05, 4.69) is 25.8 Å². The summed E-state index contributed by atoms with van der Waals surface area (Å²) < 4.78 is 15.9. The highest BCUT2D eigenvalue weighted by molar-refractivity contribution is 7.99. The molecule has 0 aliphatic heterocycles. The molecule has 4 aromatic rings. The van der Waals surface area contributed by atoms with Crippen LogP contribution in [0.4, 0.5) is 10.1 Å². The SMILES string of the molecule is Cc1ccc(Sc2ncccc2C(=O)Nc2cc(-n3nnnc3C)ccc2F)cc1C. The third-order valence-corrected chi connectivity index (χ3v) is 5.79. The molecule has 2 heterocycles. The maximum absolute atomic E-state index is 14.4. The Morgan fingerprint density at radius 1 is 1.06 bits per heavy atom. The molecule has 7 nitrogen and oxygen atoms in total. The largest absolute Gasteiger partial charge is 0.319 e. The number of tetrazole rings is 1. The van der Waals surface area contributed by atoms with Crippen molar-refractivity contribution in [2.75, 3.05) is 5.32 Å². The van der Waals surface area contributed by atoms with Gasteiger partial charge >= 0.3 is 0 Å². The van der Waals surface area contributed by atoms with Crippen LogP contribution in [0.25, 0.3) is 5.69 Å². The van der Waals surface area contributed by atoms with Gasteiger partial charge in [-0.2, -0.15) is 4.68 Å². The summed E-state index contributed by atoms with van der Waals surface area (Å²) in [7, 11) is 0. The van der Waals surface area contributed by atoms with Gasteiger partial charge in [-0.1, -0.05) is 17.8 Å². The van der Waals surface area contributed by atoms with Gasteiger partial charge in [0, 0.05) is 11.1 Å². The van der Waals surface area contributed by atoms with Crippen LogP contribution in [0.3, 0.4) is 0 Å². The third-order valence-electron chi connectivity index (χ3n) is 4.78. The highest BCUT2D eigenvalue weighted by atomic mass is 32.2. The Bertz CT molecular complexity index is 1270. The number of anilines is 1. The fourth-order valence-corrected chi connectivity index (χ4v) is 3.91. The first kappa shape index (κ1) is 20.7. The number of hydrogen-bond acceptors (Lipinski definition) is 6. The Morgan fingerprint density at radius 3 is 2.65 bits per heavy atom. The van der Waals surface area contributed by atoms with Crippen molar-refractivity contribution in [3.63, 3.8) is 0 Å². The van der Waals surface area contributed by atoms with Gasteiger partial charge < -0.3 is 5.32 Å². The zero-order valence-electron chi connectivity index (χ0n) is 17.1. The average molecular weight is 435 g/mol. The van der Waals surface area contributed by atoms with Crippen LogP contribution in [-0.4, -0.2) is 31.1 Å². The minimum Gasteiger partial charge on any atom is -0.319 e. The summed E-state index contributed by atoms with van der Waals surface area (Å²) in [4.78, 5) is 18.3. The van der Waals surface area contributed by atoms with E-state index in [9.17, 15) is 9.18 Å². The second kappa shape index (κ2) is 8.65. The zero-order chi connectivity index (χ0) is 22.0. The van der Waals surface area contributed by atoms with Crippen molar-refractivity contribution in [1.82, 2.24) is 25.2 Å². The van der Waals surface area contributed by atoms with Crippen molar-refractivity contribution >= 4 is 23.4 Å². The van der Waals surface area contributed by atoms with Gasteiger partial charge in [-0.25, -0.2) is 9.37 Å². The average Bonchev–Trinajstić information content (AvgIpc) is 3.18. The maximum atomic E-state index is 14.4. The summed E-state index contributed by atoms with van der Waals surface area (Å²) in [6, 6.07) is 13.7. The van der Waals surface area contributed by atoms with Gasteiger partial charge in [0.15, 0.2) is 5.82 Å². The van der Waals surface area contributed by atoms with Crippen molar-refractivity contribution in [1.29, 1.82) is 0 Å². The van der Waals surface area contributed by atoms with Crippen LogP contribution in [0, 0.1) is 26.6 Å². The molecule has 0 atom stereocenters. The second-order valence-electron chi connectivity index (χ2n) is 6.96. The van der Waals surface area contributed by atoms with Crippen LogP contribution in [0.5, 0.6) is 0 Å². The van der Waals surface area contributed by atoms with Gasteiger partial charge in [-0.15, -0.1) is 5.10 Å². The van der Waals surface area contributed by atoms with E-state index in [1.165, 1.54) is 34.1 Å². The quantitative estimate of drug-likeness (QED) is 0.497. The molecule has 2 aromatic heterocycles. The summed E-state index contributed by atoms with van der Waals surface area (Å²) in [6.45, 7) is 5.81. The predicted molar refractivity (Wildman–Crippen MR) is 116 cm³/mol. The van der Waals surface area contributed by atoms with Crippen LogP contribution in [0.1, 0.15) is 27.3 Å². The minimum absolute atomic E-state index is 0.0309. The molecule has 0 radical (unpaired) electrons. The van der Waals surface area contributed by atoms with Gasteiger partial charge in [0.2, 0.25) is 0 Å². The van der Waals surface area contributed by atoms with Gasteiger partial charge in [0.25, 0.3) is 5.91 Å². The lowest BCUT2D eigenvalue weighted by Gasteiger charge is -2.11. The number of halogens is 1. The molecular weight excluding hydrogens is 415 g/mol. The molecule has 156 valence electrons. The molecule has 4 rings (SSSR count). The number of rotatable bonds is 5. The van der Waals surface area contributed by atoms with E-state index in [0.717, 1.165) is 10.5 Å². The molecule has 0 saturated carbocycles. The van der Waals surface area contributed by atoms with Crippen LogP contribution < -0.4 is 5.32 Å². The van der Waals surface area contributed by atoms with Crippen molar-refractivity contribution in [2.45, 2.75) is 30.7 Å². The van der Waals surface area contributed by atoms with Gasteiger partial charge in [-0.05, 0) is 84.8 Å². The third kappa shape index (κ3) is 4.46. The van der Waals surface area contributed by atoms with E-state index in [0.29, 0.717) is 22.1 Å². The molecule has 0 saturated heterocycles. The van der Waals surface area contributed by atoms with E-state index in [4.69, 9.17) is 0 Å². The number of hydrogen-bond donors (Lipinski definition) is 1. The molecule has 1 amide bonds. The van der Waals surface area contributed by atoms with Crippen molar-refractivity contribution in [3.05, 3.63) is 83.1 Å². The van der Waals surface area contributed by atoms with E-state index in [-0.39, 0.29) is 5.69 Å². The molecule has 1 N–H and O–H groups in total. The van der Waals surface area contributed by atoms with Gasteiger partial charge in [-0.3, -0.25) is 4.79 Å². The summed E-state index contributed by atoms with van der Waals surface area (Å²) in [5.74, 6) is -0.470. The number of amides is 1. The molecule has 0 bridgehead atoms. The van der Waals surface area contributed by atoms with Crippen molar-refractivity contribution in [3.8, 4) is 5.69 Å². The molecule has 31 heavy (non-hydrogen) atoms. The number of benzene rings is 2. The molecule has 0 fully saturated rings. The Labute approximate surface area is 182 Å². The van der Waals surface area contributed by atoms with E-state index in [1.54, 1.807) is 31.3 Å². The normalized spacial score (nSPS) is 10.8. The van der Waals surface area contributed by atoms with E-state index < -0.39 is 11.7 Å². The van der Waals surface area contributed by atoms with Crippen LogP contribution in [0.15, 0.2) is 64.6 Å². The molecule has 0 unspecified atom stereocenters. The number of pyridine rings is 1. The summed E-state index contributed by atoms with van der Waals surface area (Å²) in [5, 5.41) is 14.5. The monoisotopic (exact) mass is 434 g/mol.